The normalized spacial score (nSPS) is 11.4. The lowest BCUT2D eigenvalue weighted by Gasteiger charge is -2.24. The molecule has 1 heterocycles. The lowest BCUT2D eigenvalue weighted by Crippen LogP contribution is -2.38. The summed E-state index contributed by atoms with van der Waals surface area (Å²) < 4.78 is 30.2. The molecule has 1 aromatic heterocycles. The highest BCUT2D eigenvalue weighted by Crippen LogP contribution is 2.32. The van der Waals surface area contributed by atoms with Crippen molar-refractivity contribution in [1.29, 1.82) is 0 Å². The number of halogens is 1. The van der Waals surface area contributed by atoms with E-state index in [1.165, 1.54) is 6.07 Å². The average Bonchev–Trinajstić information content (AvgIpc) is 2.80. The molecule has 0 unspecified atom stereocenters. The summed E-state index contributed by atoms with van der Waals surface area (Å²) in [5.74, 6) is 0.199. The van der Waals surface area contributed by atoms with Gasteiger partial charge in [-0.15, -0.1) is 0 Å². The molecule has 130 valence electrons. The molecule has 1 amide bonds. The van der Waals surface area contributed by atoms with Crippen molar-refractivity contribution in [1.82, 2.24) is 5.16 Å². The second-order valence-electron chi connectivity index (χ2n) is 5.55. The van der Waals surface area contributed by atoms with Crippen molar-refractivity contribution < 1.29 is 17.7 Å². The van der Waals surface area contributed by atoms with Crippen molar-refractivity contribution in [3.8, 4) is 0 Å². The Morgan fingerprint density at radius 3 is 2.46 bits per heavy atom. The number of rotatable bonds is 5. The van der Waals surface area contributed by atoms with Crippen LogP contribution in [0.5, 0.6) is 0 Å². The topological polar surface area (TPSA) is 92.5 Å². The molecule has 9 heteroatoms. The second-order valence-corrected chi connectivity index (χ2v) is 7.87. The Hall–Kier alpha value is -2.06. The summed E-state index contributed by atoms with van der Waals surface area (Å²) in [5, 5.41) is 6.40. The fourth-order valence-corrected chi connectivity index (χ4v) is 3.72. The molecule has 0 fully saturated rings. The first kappa shape index (κ1) is 18.3. The molecule has 7 nitrogen and oxygen atoms in total. The number of benzene rings is 1. The number of aryl methyl sites for hydroxylation is 3. The van der Waals surface area contributed by atoms with Gasteiger partial charge in [-0.05, 0) is 38.0 Å². The number of nitrogens with zero attached hydrogens (tertiary/aromatic N) is 2. The summed E-state index contributed by atoms with van der Waals surface area (Å²) in [6.07, 6.45) is 1.02. The van der Waals surface area contributed by atoms with Gasteiger partial charge >= 0.3 is 0 Å². The van der Waals surface area contributed by atoms with Crippen LogP contribution in [0.25, 0.3) is 0 Å². The first-order valence-corrected chi connectivity index (χ1v) is 9.28. The predicted octanol–water partition coefficient (Wildman–Crippen LogP) is 2.66. The van der Waals surface area contributed by atoms with Crippen molar-refractivity contribution >= 4 is 39.0 Å². The summed E-state index contributed by atoms with van der Waals surface area (Å²) in [6, 6.07) is 4.99. The Kier molecular flexibility index (Phi) is 5.19. The highest BCUT2D eigenvalue weighted by molar-refractivity contribution is 7.92. The molecular weight excluding hydrogens is 354 g/mol. The first-order chi connectivity index (χ1) is 11.1. The van der Waals surface area contributed by atoms with Gasteiger partial charge in [-0.2, -0.15) is 0 Å². The molecule has 2 aromatic rings. The summed E-state index contributed by atoms with van der Waals surface area (Å²) in [7, 11) is -3.71. The SMILES string of the molecule is Cc1cc(C)c(N(CC(=O)Nc2cc(C)on2)S(C)(=O)=O)c(Cl)c1. The van der Waals surface area contributed by atoms with E-state index in [9.17, 15) is 13.2 Å². The average molecular weight is 372 g/mol. The second kappa shape index (κ2) is 6.82. The molecule has 2 rings (SSSR count). The Morgan fingerprint density at radius 2 is 1.96 bits per heavy atom. The first-order valence-electron chi connectivity index (χ1n) is 7.05. The lowest BCUT2D eigenvalue weighted by molar-refractivity contribution is -0.114. The van der Waals surface area contributed by atoms with Crippen LogP contribution in [0.3, 0.4) is 0 Å². The molecule has 0 aliphatic rings. The van der Waals surface area contributed by atoms with Crippen LogP contribution >= 0.6 is 11.6 Å². The lowest BCUT2D eigenvalue weighted by atomic mass is 10.1. The van der Waals surface area contributed by atoms with Crippen molar-refractivity contribution in [2.24, 2.45) is 0 Å². The van der Waals surface area contributed by atoms with E-state index in [1.54, 1.807) is 26.0 Å². The number of aromatic nitrogens is 1. The molecule has 1 aromatic carbocycles. The summed E-state index contributed by atoms with van der Waals surface area (Å²) in [4.78, 5) is 12.2. The molecular formula is C15H18ClN3O4S. The minimum absolute atomic E-state index is 0.220. The monoisotopic (exact) mass is 371 g/mol. The third-order valence-corrected chi connectivity index (χ3v) is 4.63. The van der Waals surface area contributed by atoms with E-state index in [0.717, 1.165) is 16.1 Å². The quantitative estimate of drug-likeness (QED) is 0.872. The van der Waals surface area contributed by atoms with E-state index >= 15 is 0 Å². The van der Waals surface area contributed by atoms with Gasteiger partial charge in [0, 0.05) is 6.07 Å². The minimum atomic E-state index is -3.71. The molecule has 0 radical (unpaired) electrons. The van der Waals surface area contributed by atoms with Crippen LogP contribution in [0.4, 0.5) is 11.5 Å². The van der Waals surface area contributed by atoms with E-state index in [0.29, 0.717) is 11.3 Å². The molecule has 0 aliphatic heterocycles. The number of nitrogens with one attached hydrogen (secondary N) is 1. The van der Waals surface area contributed by atoms with Crippen LogP contribution in [0, 0.1) is 20.8 Å². The van der Waals surface area contributed by atoms with Crippen LogP contribution < -0.4 is 9.62 Å². The standard InChI is InChI=1S/C15H18ClN3O4S/c1-9-5-10(2)15(12(16)6-9)19(24(4,21)22)8-14(20)17-13-7-11(3)23-18-13/h5-7H,8H2,1-4H3,(H,17,18,20). The highest BCUT2D eigenvalue weighted by atomic mass is 35.5. The van der Waals surface area contributed by atoms with Gasteiger partial charge in [0.1, 0.15) is 12.3 Å². The predicted molar refractivity (Wildman–Crippen MR) is 93.0 cm³/mol. The zero-order chi connectivity index (χ0) is 18.1. The molecule has 0 saturated heterocycles. The zero-order valence-corrected chi connectivity index (χ0v) is 15.3. The Morgan fingerprint density at radius 1 is 1.29 bits per heavy atom. The molecule has 0 spiro atoms. The van der Waals surface area contributed by atoms with E-state index in [1.807, 2.05) is 6.92 Å². The number of carbonyl (C=O) groups is 1. The number of anilines is 2. The number of sulfonamides is 1. The Labute approximate surface area is 145 Å². The molecule has 1 N–H and O–H groups in total. The van der Waals surface area contributed by atoms with E-state index in [-0.39, 0.29) is 16.5 Å². The molecule has 0 atom stereocenters. The summed E-state index contributed by atoms with van der Waals surface area (Å²) in [5.41, 5.74) is 1.85. The Bertz CT molecular complexity index is 854. The maximum atomic E-state index is 12.2. The maximum absolute atomic E-state index is 12.2. The molecule has 0 bridgehead atoms. The van der Waals surface area contributed by atoms with Gasteiger partial charge in [0.05, 0.1) is 17.0 Å². The van der Waals surface area contributed by atoms with Gasteiger partial charge in [-0.3, -0.25) is 9.10 Å². The van der Waals surface area contributed by atoms with Gasteiger partial charge in [0.2, 0.25) is 15.9 Å². The van der Waals surface area contributed by atoms with Crippen molar-refractivity contribution in [3.63, 3.8) is 0 Å². The number of amides is 1. The number of hydrogen-bond donors (Lipinski definition) is 1. The van der Waals surface area contributed by atoms with Crippen LogP contribution in [0.2, 0.25) is 5.02 Å². The summed E-state index contributed by atoms with van der Waals surface area (Å²) in [6.45, 7) is 4.85. The zero-order valence-electron chi connectivity index (χ0n) is 13.8. The molecule has 0 saturated carbocycles. The van der Waals surface area contributed by atoms with Crippen molar-refractivity contribution in [2.75, 3.05) is 22.4 Å². The highest BCUT2D eigenvalue weighted by Gasteiger charge is 2.25. The van der Waals surface area contributed by atoms with Gasteiger partial charge in [-0.1, -0.05) is 22.8 Å². The van der Waals surface area contributed by atoms with E-state index in [2.05, 4.69) is 10.5 Å². The van der Waals surface area contributed by atoms with Crippen molar-refractivity contribution in [3.05, 3.63) is 40.1 Å². The fraction of sp³-hybridized carbons (Fsp3) is 0.333. The van der Waals surface area contributed by atoms with Gasteiger partial charge in [-0.25, -0.2) is 8.42 Å². The van der Waals surface area contributed by atoms with Gasteiger partial charge in [0.15, 0.2) is 5.82 Å². The molecule has 0 aliphatic carbocycles. The number of hydrogen-bond acceptors (Lipinski definition) is 5. The Balaban J connectivity index is 2.32. The smallest absolute Gasteiger partial charge is 0.246 e. The molecule has 24 heavy (non-hydrogen) atoms. The van der Waals surface area contributed by atoms with Crippen LogP contribution in [-0.4, -0.2) is 32.3 Å². The number of carbonyl (C=O) groups excluding carboxylic acids is 1. The fourth-order valence-electron chi connectivity index (χ4n) is 2.32. The third-order valence-electron chi connectivity index (χ3n) is 3.23. The van der Waals surface area contributed by atoms with Crippen LogP contribution in [0.15, 0.2) is 22.7 Å². The summed E-state index contributed by atoms with van der Waals surface area (Å²) >= 11 is 6.22. The van der Waals surface area contributed by atoms with Crippen LogP contribution in [0.1, 0.15) is 16.9 Å². The maximum Gasteiger partial charge on any atom is 0.246 e. The minimum Gasteiger partial charge on any atom is -0.360 e. The van der Waals surface area contributed by atoms with Crippen molar-refractivity contribution in [2.45, 2.75) is 20.8 Å². The third kappa shape index (κ3) is 4.27. The van der Waals surface area contributed by atoms with E-state index < -0.39 is 22.5 Å². The van der Waals surface area contributed by atoms with E-state index in [4.69, 9.17) is 16.1 Å². The van der Waals surface area contributed by atoms with Gasteiger partial charge in [0.25, 0.3) is 0 Å². The van der Waals surface area contributed by atoms with Gasteiger partial charge < -0.3 is 9.84 Å². The largest absolute Gasteiger partial charge is 0.360 e. The van der Waals surface area contributed by atoms with Crippen LogP contribution in [-0.2, 0) is 14.8 Å².